The van der Waals surface area contributed by atoms with Gasteiger partial charge in [0, 0.05) is 43.7 Å². The molecule has 6 atom stereocenters. The first kappa shape index (κ1) is 43.6. The number of carbonyl (C=O) groups is 2. The monoisotopic (exact) mass is 807 g/mol. The molecule has 3 unspecified atom stereocenters. The molecule has 1 saturated heterocycles. The van der Waals surface area contributed by atoms with Crippen molar-refractivity contribution in [3.8, 4) is 11.5 Å². The first-order chi connectivity index (χ1) is 26.2. The van der Waals surface area contributed by atoms with Crippen LogP contribution < -0.4 is 9.47 Å². The molecule has 13 nitrogen and oxygen atoms in total. The van der Waals surface area contributed by atoms with E-state index in [1.807, 2.05) is 45.9 Å². The van der Waals surface area contributed by atoms with Crippen LogP contribution in [0.4, 0.5) is 0 Å². The van der Waals surface area contributed by atoms with Crippen LogP contribution in [-0.4, -0.2) is 85.2 Å². The van der Waals surface area contributed by atoms with Crippen LogP contribution >= 0.6 is 20.0 Å². The molecule has 54 heavy (non-hydrogen) atoms. The quantitative estimate of drug-likeness (QED) is 0.00953. The normalized spacial score (nSPS) is 18.9. The molecule has 2 aromatic rings. The maximum atomic E-state index is 13.7. The number of carbonyl (C=O) groups excluding carboxylic acids is 2. The minimum atomic E-state index is -1.48. The standard InChI is InChI=1S/C38H56N3O10PSSi/c1-26(27(2)51-53-52)17-18-31(48-36(42)28-13-10-9-11-14-28)35-32(49-38(3,4)50-35)16-12-15-29-23-30(45-20-19-40-41-39)24-33(47-25-44-5)34(29)37(43)46-21-22-54(6,7)8/h9-11,13-14,17-18,23-24,26-27,31-32,35H,12,15-16,19-22,25,52H2,1-8H3/t26-,27+,31?,32+,35?/m1/s1/i52T/t26-,27+,31?,32+,35?,52?. The van der Waals surface area contributed by atoms with Gasteiger partial charge in [-0.1, -0.05) is 56.0 Å². The molecule has 1 heterocycles. The molecular weight excluding hydrogens is 750 g/mol. The van der Waals surface area contributed by atoms with E-state index in [4.69, 9.17) is 44.2 Å². The number of nitrogens with zero attached hydrogens (tertiary/aromatic N) is 3. The molecule has 1 fully saturated rings. The maximum Gasteiger partial charge on any atom is 0.342 e. The SMILES string of the molecule is [3H]PSO[C@@H](C)[C@H](C)C=CC(OC(=O)c1ccccc1)C1OC(C)(C)O[C@H]1CCCc1cc(OCCN=[N+]=[N-])cc(OCOC)c1C(=O)OCC[Si](C)(C)C. The average Bonchev–Trinajstić information content (AvgIpc) is 3.46. The third kappa shape index (κ3) is 15.2. The lowest BCUT2D eigenvalue weighted by molar-refractivity contribution is -0.153. The molecule has 0 aromatic heterocycles. The molecule has 1 aliphatic rings. The number of esters is 2. The zero-order valence-electron chi connectivity index (χ0n) is 33.6. The fourth-order valence-electron chi connectivity index (χ4n) is 5.61. The minimum absolute atomic E-state index is 0.0600. The van der Waals surface area contributed by atoms with Gasteiger partial charge in [-0.05, 0) is 89.8 Å². The van der Waals surface area contributed by atoms with Crippen molar-refractivity contribution in [3.63, 3.8) is 0 Å². The van der Waals surface area contributed by atoms with E-state index in [0.29, 0.717) is 36.1 Å². The van der Waals surface area contributed by atoms with Gasteiger partial charge in [0.25, 0.3) is 0 Å². The second-order valence-corrected chi connectivity index (χ2v) is 21.1. The van der Waals surface area contributed by atoms with Gasteiger partial charge >= 0.3 is 11.9 Å². The van der Waals surface area contributed by atoms with E-state index in [1.165, 1.54) is 7.11 Å². The summed E-state index contributed by atoms with van der Waals surface area (Å²) in [6, 6.07) is 13.0. The van der Waals surface area contributed by atoms with Gasteiger partial charge in [-0.2, -0.15) is 0 Å². The highest BCUT2D eigenvalue weighted by atomic mass is 32.7. The molecule has 0 N–H and O–H groups in total. The molecule has 0 saturated carbocycles. The van der Waals surface area contributed by atoms with Crippen molar-refractivity contribution in [2.24, 2.45) is 11.0 Å². The van der Waals surface area contributed by atoms with Gasteiger partial charge in [0.2, 0.25) is 0 Å². The van der Waals surface area contributed by atoms with Crippen molar-refractivity contribution < 1.29 is 46.9 Å². The van der Waals surface area contributed by atoms with Crippen LogP contribution in [0.1, 0.15) is 66.8 Å². The number of hydrogen-bond donors (Lipinski definition) is 0. The number of rotatable bonds is 24. The smallest absolute Gasteiger partial charge is 0.342 e. The summed E-state index contributed by atoms with van der Waals surface area (Å²) in [5.74, 6) is -1.35. The van der Waals surface area contributed by atoms with Crippen LogP contribution in [0.2, 0.25) is 25.7 Å². The Morgan fingerprint density at radius 2 is 1.87 bits per heavy atom. The second-order valence-electron chi connectivity index (χ2n) is 14.7. The molecule has 0 amide bonds. The van der Waals surface area contributed by atoms with Crippen molar-refractivity contribution in [2.75, 3.05) is 33.7 Å². The Hall–Kier alpha value is -3.13. The van der Waals surface area contributed by atoms with Crippen LogP contribution in [0.3, 0.4) is 0 Å². The van der Waals surface area contributed by atoms with E-state index in [0.717, 1.165) is 17.7 Å². The van der Waals surface area contributed by atoms with E-state index in [-0.39, 0.29) is 58.3 Å². The molecule has 2 aromatic carbocycles. The van der Waals surface area contributed by atoms with Crippen molar-refractivity contribution in [3.05, 3.63) is 81.7 Å². The van der Waals surface area contributed by atoms with Gasteiger partial charge in [-0.3, -0.25) is 0 Å². The summed E-state index contributed by atoms with van der Waals surface area (Å²) >= 11 is 1.10. The molecule has 0 radical (unpaired) electrons. The highest BCUT2D eigenvalue weighted by molar-refractivity contribution is 8.40. The number of hydrogen-bond acceptors (Lipinski definition) is 12. The van der Waals surface area contributed by atoms with Crippen molar-refractivity contribution in [2.45, 2.75) is 103 Å². The number of ether oxygens (including phenoxy) is 7. The van der Waals surface area contributed by atoms with Crippen LogP contribution in [0, 0.1) is 5.92 Å². The third-order valence-corrected chi connectivity index (χ3v) is 11.0. The minimum Gasteiger partial charge on any atom is -0.493 e. The Labute approximate surface area is 328 Å². The molecule has 0 aliphatic carbocycles. The lowest BCUT2D eigenvalue weighted by Gasteiger charge is -2.25. The lowest BCUT2D eigenvalue weighted by atomic mass is 9.96. The Morgan fingerprint density at radius 3 is 2.56 bits per heavy atom. The third-order valence-electron chi connectivity index (χ3n) is 8.58. The van der Waals surface area contributed by atoms with Crippen LogP contribution in [-0.2, 0) is 34.3 Å². The second kappa shape index (κ2) is 22.4. The summed E-state index contributed by atoms with van der Waals surface area (Å²) in [5, 5.41) is 3.54. The van der Waals surface area contributed by atoms with Gasteiger partial charge < -0.3 is 37.3 Å². The highest BCUT2D eigenvalue weighted by Gasteiger charge is 2.45. The summed E-state index contributed by atoms with van der Waals surface area (Å²) in [5.41, 5.74) is 10.0. The Bertz CT molecular complexity index is 1600. The summed E-state index contributed by atoms with van der Waals surface area (Å²) < 4.78 is 54.8. The average molecular weight is 808 g/mol. The molecule has 16 heteroatoms. The van der Waals surface area contributed by atoms with E-state index in [1.54, 1.807) is 36.4 Å². The first-order valence-corrected chi connectivity index (χ1v) is 23.7. The highest BCUT2D eigenvalue weighted by Crippen LogP contribution is 2.36. The van der Waals surface area contributed by atoms with Gasteiger partial charge in [-0.25, -0.2) is 9.59 Å². The van der Waals surface area contributed by atoms with Crippen LogP contribution in [0.25, 0.3) is 10.4 Å². The largest absolute Gasteiger partial charge is 0.493 e. The number of aryl methyl sites for hydroxylation is 1. The Balaban J connectivity index is 1.92. The van der Waals surface area contributed by atoms with Crippen molar-refractivity contribution >= 4 is 40.1 Å². The molecule has 0 spiro atoms. The summed E-state index contributed by atoms with van der Waals surface area (Å²) in [4.78, 5) is 29.9. The summed E-state index contributed by atoms with van der Waals surface area (Å²) in [6.07, 6.45) is 3.05. The topological polar surface area (TPSA) is 157 Å². The predicted molar refractivity (Wildman–Crippen MR) is 215 cm³/mol. The number of methoxy groups -OCH3 is 1. The lowest BCUT2D eigenvalue weighted by Crippen LogP contribution is -2.38. The number of azide groups is 1. The predicted octanol–water partition coefficient (Wildman–Crippen LogP) is 8.96. The van der Waals surface area contributed by atoms with Gasteiger partial charge in [0.05, 0.1) is 38.8 Å². The van der Waals surface area contributed by atoms with Crippen LogP contribution in [0.5, 0.6) is 11.5 Å². The van der Waals surface area contributed by atoms with E-state index >= 15 is 0 Å². The Morgan fingerprint density at radius 1 is 1.11 bits per heavy atom. The van der Waals surface area contributed by atoms with Gasteiger partial charge in [0.1, 0.15) is 29.3 Å². The molecule has 298 valence electrons. The number of benzene rings is 2. The summed E-state index contributed by atoms with van der Waals surface area (Å²) in [6.45, 7) is 14.6. The fourth-order valence-corrected chi connectivity index (χ4v) is 7.11. The van der Waals surface area contributed by atoms with E-state index < -0.39 is 44.1 Å². The molecular formula is C38H56N3O10PSSi. The molecule has 1 aliphatic heterocycles. The molecule has 0 bridgehead atoms. The van der Waals surface area contributed by atoms with E-state index in [2.05, 4.69) is 29.7 Å². The van der Waals surface area contributed by atoms with E-state index in [9.17, 15) is 9.59 Å². The zero-order valence-corrected chi connectivity index (χ0v) is 35.4. The Kier molecular flexibility index (Phi) is 18.1. The van der Waals surface area contributed by atoms with Crippen LogP contribution in [0.15, 0.2) is 59.7 Å². The van der Waals surface area contributed by atoms with Gasteiger partial charge in [-0.15, -0.1) is 0 Å². The van der Waals surface area contributed by atoms with Crippen molar-refractivity contribution in [1.82, 2.24) is 0 Å². The fraction of sp³-hybridized carbons (Fsp3) is 0.579. The maximum absolute atomic E-state index is 13.7. The molecule has 3 rings (SSSR count). The summed E-state index contributed by atoms with van der Waals surface area (Å²) in [7, 11) is -0.140. The first-order valence-electron chi connectivity index (χ1n) is 18.6. The zero-order chi connectivity index (χ0) is 40.4. The van der Waals surface area contributed by atoms with Crippen molar-refractivity contribution in [1.29, 1.82) is 1.28 Å². The van der Waals surface area contributed by atoms with Gasteiger partial charge in [0.15, 0.2) is 12.6 Å².